The van der Waals surface area contributed by atoms with Crippen LogP contribution >= 0.6 is 0 Å². The second-order valence-electron chi connectivity index (χ2n) is 6.97. The quantitative estimate of drug-likeness (QED) is 0.296. The number of hydrogen-bond acceptors (Lipinski definition) is 3. The van der Waals surface area contributed by atoms with Gasteiger partial charge < -0.3 is 10.5 Å². The standard InChI is InChI=1S/C20H41NO2/c1-4-6-7-8-9-10-11-12-13-14-15-16-17-23-20(22)19(21)18(3)5-2/h18-19H,4-17,21H2,1-3H3/t18-,19-/m0/s1. The summed E-state index contributed by atoms with van der Waals surface area (Å²) in [5.41, 5.74) is 5.84. The maximum absolute atomic E-state index is 11.7. The van der Waals surface area contributed by atoms with E-state index < -0.39 is 6.04 Å². The molecule has 0 bridgehead atoms. The predicted octanol–water partition coefficient (Wildman–Crippen LogP) is 5.60. The van der Waals surface area contributed by atoms with E-state index in [9.17, 15) is 4.79 Å². The molecule has 3 heteroatoms. The van der Waals surface area contributed by atoms with Crippen LogP contribution in [0.15, 0.2) is 0 Å². The molecule has 0 amide bonds. The van der Waals surface area contributed by atoms with Crippen LogP contribution < -0.4 is 5.73 Å². The molecule has 0 aliphatic heterocycles. The Morgan fingerprint density at radius 2 is 1.26 bits per heavy atom. The summed E-state index contributed by atoms with van der Waals surface area (Å²) in [5, 5.41) is 0. The molecule has 138 valence electrons. The van der Waals surface area contributed by atoms with E-state index >= 15 is 0 Å². The molecule has 0 aromatic carbocycles. The van der Waals surface area contributed by atoms with Gasteiger partial charge in [0.2, 0.25) is 0 Å². The van der Waals surface area contributed by atoms with Crippen LogP contribution in [-0.2, 0) is 9.53 Å². The van der Waals surface area contributed by atoms with E-state index in [2.05, 4.69) is 6.92 Å². The molecule has 0 unspecified atom stereocenters. The topological polar surface area (TPSA) is 52.3 Å². The number of rotatable bonds is 16. The Kier molecular flexibility index (Phi) is 15.9. The van der Waals surface area contributed by atoms with Crippen molar-refractivity contribution in [3.8, 4) is 0 Å². The first kappa shape index (κ1) is 22.4. The van der Waals surface area contributed by atoms with Crippen LogP contribution in [0.4, 0.5) is 0 Å². The molecule has 0 aliphatic rings. The van der Waals surface area contributed by atoms with Gasteiger partial charge in [0.15, 0.2) is 0 Å². The highest BCUT2D eigenvalue weighted by Gasteiger charge is 2.20. The summed E-state index contributed by atoms with van der Waals surface area (Å²) in [5.74, 6) is -0.0353. The fraction of sp³-hybridized carbons (Fsp3) is 0.950. The number of ether oxygens (including phenoxy) is 1. The van der Waals surface area contributed by atoms with Gasteiger partial charge in [-0.05, 0) is 12.3 Å². The highest BCUT2D eigenvalue weighted by Crippen LogP contribution is 2.12. The van der Waals surface area contributed by atoms with Gasteiger partial charge >= 0.3 is 5.97 Å². The molecule has 0 rings (SSSR count). The van der Waals surface area contributed by atoms with Crippen LogP contribution in [-0.4, -0.2) is 18.6 Å². The molecule has 0 saturated carbocycles. The van der Waals surface area contributed by atoms with E-state index in [0.29, 0.717) is 6.61 Å². The van der Waals surface area contributed by atoms with Crippen molar-refractivity contribution in [2.75, 3.05) is 6.61 Å². The lowest BCUT2D eigenvalue weighted by Crippen LogP contribution is -2.38. The second kappa shape index (κ2) is 16.3. The first-order chi connectivity index (χ1) is 11.1. The Hall–Kier alpha value is -0.570. The molecule has 0 fully saturated rings. The first-order valence-corrected chi connectivity index (χ1v) is 10.1. The Bertz CT molecular complexity index is 268. The summed E-state index contributed by atoms with van der Waals surface area (Å²) in [7, 11) is 0. The molecular weight excluding hydrogens is 286 g/mol. The Morgan fingerprint density at radius 3 is 1.70 bits per heavy atom. The van der Waals surface area contributed by atoms with Crippen molar-refractivity contribution in [3.63, 3.8) is 0 Å². The molecule has 0 spiro atoms. The fourth-order valence-electron chi connectivity index (χ4n) is 2.70. The van der Waals surface area contributed by atoms with Gasteiger partial charge in [0.1, 0.15) is 6.04 Å². The highest BCUT2D eigenvalue weighted by molar-refractivity contribution is 5.75. The average molecular weight is 328 g/mol. The van der Waals surface area contributed by atoms with E-state index in [4.69, 9.17) is 10.5 Å². The normalized spacial score (nSPS) is 13.7. The van der Waals surface area contributed by atoms with Gasteiger partial charge in [-0.2, -0.15) is 0 Å². The maximum Gasteiger partial charge on any atom is 0.323 e. The average Bonchev–Trinajstić information content (AvgIpc) is 2.57. The number of carbonyl (C=O) groups is 1. The van der Waals surface area contributed by atoms with Crippen LogP contribution in [0.5, 0.6) is 0 Å². The van der Waals surface area contributed by atoms with Gasteiger partial charge in [-0.15, -0.1) is 0 Å². The third kappa shape index (κ3) is 13.6. The van der Waals surface area contributed by atoms with Crippen LogP contribution in [0.25, 0.3) is 0 Å². The number of hydrogen-bond donors (Lipinski definition) is 1. The minimum atomic E-state index is -0.461. The van der Waals surface area contributed by atoms with E-state index in [1.54, 1.807) is 0 Å². The molecule has 0 radical (unpaired) electrons. The van der Waals surface area contributed by atoms with E-state index in [1.165, 1.54) is 64.2 Å². The second-order valence-corrected chi connectivity index (χ2v) is 6.97. The van der Waals surface area contributed by atoms with Crippen molar-refractivity contribution < 1.29 is 9.53 Å². The third-order valence-electron chi connectivity index (χ3n) is 4.77. The summed E-state index contributed by atoms with van der Waals surface area (Å²) >= 11 is 0. The molecule has 2 atom stereocenters. The van der Waals surface area contributed by atoms with Gasteiger partial charge in [-0.25, -0.2) is 0 Å². The van der Waals surface area contributed by atoms with Crippen molar-refractivity contribution in [1.82, 2.24) is 0 Å². The maximum atomic E-state index is 11.7. The van der Waals surface area contributed by atoms with E-state index in [0.717, 1.165) is 19.3 Å². The lowest BCUT2D eigenvalue weighted by Gasteiger charge is -2.16. The third-order valence-corrected chi connectivity index (χ3v) is 4.77. The highest BCUT2D eigenvalue weighted by atomic mass is 16.5. The number of unbranched alkanes of at least 4 members (excludes halogenated alkanes) is 11. The molecule has 0 heterocycles. The number of nitrogens with two attached hydrogens (primary N) is 1. The Morgan fingerprint density at radius 1 is 0.826 bits per heavy atom. The van der Waals surface area contributed by atoms with Crippen LogP contribution in [0, 0.1) is 5.92 Å². The van der Waals surface area contributed by atoms with Gasteiger partial charge in [0.25, 0.3) is 0 Å². The minimum Gasteiger partial charge on any atom is -0.465 e. The zero-order valence-electron chi connectivity index (χ0n) is 15.9. The number of carbonyl (C=O) groups excluding carboxylic acids is 1. The molecule has 0 aromatic rings. The van der Waals surface area contributed by atoms with Crippen molar-refractivity contribution in [2.24, 2.45) is 11.7 Å². The SMILES string of the molecule is CCCCCCCCCCCCCCOC(=O)[C@@H](N)[C@@H](C)CC. The summed E-state index contributed by atoms with van der Waals surface area (Å²) in [4.78, 5) is 11.7. The smallest absolute Gasteiger partial charge is 0.323 e. The van der Waals surface area contributed by atoms with Crippen LogP contribution in [0.1, 0.15) is 104 Å². The lowest BCUT2D eigenvalue weighted by molar-refractivity contribution is -0.146. The van der Waals surface area contributed by atoms with Gasteiger partial charge in [-0.3, -0.25) is 4.79 Å². The summed E-state index contributed by atoms with van der Waals surface area (Å²) in [6.45, 7) is 6.83. The van der Waals surface area contributed by atoms with Crippen molar-refractivity contribution in [2.45, 2.75) is 110 Å². The molecule has 0 aromatic heterocycles. The molecule has 3 nitrogen and oxygen atoms in total. The van der Waals surface area contributed by atoms with Crippen LogP contribution in [0.2, 0.25) is 0 Å². The molecule has 0 aliphatic carbocycles. The first-order valence-electron chi connectivity index (χ1n) is 10.1. The fourth-order valence-corrected chi connectivity index (χ4v) is 2.70. The van der Waals surface area contributed by atoms with E-state index in [1.807, 2.05) is 13.8 Å². The molecule has 0 saturated heterocycles. The molecule has 23 heavy (non-hydrogen) atoms. The monoisotopic (exact) mass is 327 g/mol. The zero-order chi connectivity index (χ0) is 17.3. The van der Waals surface area contributed by atoms with Crippen molar-refractivity contribution in [3.05, 3.63) is 0 Å². The van der Waals surface area contributed by atoms with Crippen molar-refractivity contribution >= 4 is 5.97 Å². The predicted molar refractivity (Wildman–Crippen MR) is 99.5 cm³/mol. The lowest BCUT2D eigenvalue weighted by atomic mass is 10.0. The number of esters is 1. The van der Waals surface area contributed by atoms with E-state index in [-0.39, 0.29) is 11.9 Å². The summed E-state index contributed by atoms with van der Waals surface area (Å²) in [6, 6.07) is -0.461. The van der Waals surface area contributed by atoms with Crippen molar-refractivity contribution in [1.29, 1.82) is 0 Å². The molecule has 2 N–H and O–H groups in total. The largest absolute Gasteiger partial charge is 0.465 e. The Labute approximate surface area is 144 Å². The zero-order valence-corrected chi connectivity index (χ0v) is 15.9. The summed E-state index contributed by atoms with van der Waals surface area (Å²) < 4.78 is 5.25. The minimum absolute atomic E-state index is 0.199. The van der Waals surface area contributed by atoms with Gasteiger partial charge in [0, 0.05) is 0 Å². The summed E-state index contributed by atoms with van der Waals surface area (Å²) in [6.07, 6.45) is 16.7. The Balaban J connectivity index is 3.26. The molecular formula is C20H41NO2. The van der Waals surface area contributed by atoms with Crippen LogP contribution in [0.3, 0.4) is 0 Å². The van der Waals surface area contributed by atoms with Gasteiger partial charge in [-0.1, -0.05) is 97.8 Å². The van der Waals surface area contributed by atoms with Gasteiger partial charge in [0.05, 0.1) is 6.61 Å².